The summed E-state index contributed by atoms with van der Waals surface area (Å²) in [6, 6.07) is 10.1. The number of hydrogen-bond donors (Lipinski definition) is 3. The molecule has 18 heavy (non-hydrogen) atoms. The highest BCUT2D eigenvalue weighted by molar-refractivity contribution is 6.60. The molecule has 0 saturated carbocycles. The van der Waals surface area contributed by atoms with Gasteiger partial charge in [-0.3, -0.25) is 0 Å². The summed E-state index contributed by atoms with van der Waals surface area (Å²) < 4.78 is 18.3. The number of hydrogen-bond acceptors (Lipinski definition) is 4. The van der Waals surface area contributed by atoms with Gasteiger partial charge in [0.2, 0.25) is 0 Å². The van der Waals surface area contributed by atoms with Crippen molar-refractivity contribution in [2.45, 2.75) is 0 Å². The number of nitrogen functional groups attached to an aromatic ring is 1. The average molecular weight is 247 g/mol. The molecule has 0 fully saturated rings. The fraction of sp³-hybridized carbons (Fsp3) is 0. The van der Waals surface area contributed by atoms with E-state index in [2.05, 4.69) is 0 Å². The monoisotopic (exact) mass is 247 g/mol. The van der Waals surface area contributed by atoms with Gasteiger partial charge in [-0.15, -0.1) is 0 Å². The van der Waals surface area contributed by atoms with Crippen molar-refractivity contribution in [1.82, 2.24) is 0 Å². The lowest BCUT2D eigenvalue weighted by Gasteiger charge is -2.09. The van der Waals surface area contributed by atoms with E-state index in [9.17, 15) is 4.39 Å². The number of ether oxygens (including phenoxy) is 1. The lowest BCUT2D eigenvalue weighted by molar-refractivity contribution is 0.426. The standard InChI is InChI=1S/C12H11BFNO3/c14-8-2-1-3-9(6-8)18-10-4-5-11(13(16)17)12(15)7-10/h1-7,16-17H,15H2. The van der Waals surface area contributed by atoms with Gasteiger partial charge in [0.05, 0.1) is 0 Å². The predicted octanol–water partition coefficient (Wildman–Crippen LogP) is 0.880. The molecule has 92 valence electrons. The highest BCUT2D eigenvalue weighted by atomic mass is 19.1. The minimum absolute atomic E-state index is 0.193. The molecule has 0 spiro atoms. The van der Waals surface area contributed by atoms with Crippen molar-refractivity contribution in [2.24, 2.45) is 0 Å². The van der Waals surface area contributed by atoms with E-state index in [0.717, 1.165) is 0 Å². The van der Waals surface area contributed by atoms with Crippen LogP contribution in [0.2, 0.25) is 0 Å². The SMILES string of the molecule is Nc1cc(Oc2cccc(F)c2)ccc1B(O)O. The zero-order valence-corrected chi connectivity index (χ0v) is 9.38. The van der Waals surface area contributed by atoms with Crippen molar-refractivity contribution in [2.75, 3.05) is 5.73 Å². The van der Waals surface area contributed by atoms with Crippen molar-refractivity contribution >= 4 is 18.3 Å². The second-order valence-corrected chi connectivity index (χ2v) is 3.72. The number of halogens is 1. The Labute approximate surface area is 104 Å². The third kappa shape index (κ3) is 2.79. The Bertz CT molecular complexity index is 563. The van der Waals surface area contributed by atoms with Crippen LogP contribution in [0.5, 0.6) is 11.5 Å². The largest absolute Gasteiger partial charge is 0.490 e. The van der Waals surface area contributed by atoms with E-state index >= 15 is 0 Å². The summed E-state index contributed by atoms with van der Waals surface area (Å²) >= 11 is 0. The molecule has 0 saturated heterocycles. The van der Waals surface area contributed by atoms with E-state index in [1.165, 1.54) is 36.4 Å². The maximum absolute atomic E-state index is 12.9. The fourth-order valence-corrected chi connectivity index (χ4v) is 1.52. The Kier molecular flexibility index (Phi) is 3.50. The molecule has 0 unspecified atom stereocenters. The molecule has 4 N–H and O–H groups in total. The molecule has 0 aromatic heterocycles. The molecule has 2 rings (SSSR count). The van der Waals surface area contributed by atoms with Gasteiger partial charge in [-0.25, -0.2) is 4.39 Å². The second-order valence-electron chi connectivity index (χ2n) is 3.72. The second kappa shape index (κ2) is 5.08. The van der Waals surface area contributed by atoms with Crippen LogP contribution in [0.15, 0.2) is 42.5 Å². The van der Waals surface area contributed by atoms with Gasteiger partial charge in [0.25, 0.3) is 0 Å². The smallest absolute Gasteiger partial charge is 0.457 e. The minimum atomic E-state index is -1.63. The summed E-state index contributed by atoms with van der Waals surface area (Å²) in [6.07, 6.45) is 0. The van der Waals surface area contributed by atoms with Crippen LogP contribution >= 0.6 is 0 Å². The van der Waals surface area contributed by atoms with Crippen molar-refractivity contribution in [1.29, 1.82) is 0 Å². The van der Waals surface area contributed by atoms with E-state index in [-0.39, 0.29) is 11.2 Å². The van der Waals surface area contributed by atoms with Crippen LogP contribution in [0, 0.1) is 5.82 Å². The number of benzene rings is 2. The first-order valence-corrected chi connectivity index (χ1v) is 5.25. The number of nitrogens with two attached hydrogens (primary N) is 1. The lowest BCUT2D eigenvalue weighted by Crippen LogP contribution is -2.32. The maximum Gasteiger partial charge on any atom is 0.490 e. The Morgan fingerprint density at radius 1 is 1.06 bits per heavy atom. The van der Waals surface area contributed by atoms with Crippen molar-refractivity contribution in [3.8, 4) is 11.5 Å². The molecule has 2 aromatic rings. The molecule has 0 aliphatic heterocycles. The Morgan fingerprint density at radius 2 is 1.78 bits per heavy atom. The predicted molar refractivity (Wildman–Crippen MR) is 67.2 cm³/mol. The zero-order chi connectivity index (χ0) is 13.1. The lowest BCUT2D eigenvalue weighted by atomic mass is 9.79. The fourth-order valence-electron chi connectivity index (χ4n) is 1.52. The molecule has 2 aromatic carbocycles. The summed E-state index contributed by atoms with van der Waals surface area (Å²) in [7, 11) is -1.63. The third-order valence-corrected chi connectivity index (χ3v) is 2.37. The van der Waals surface area contributed by atoms with E-state index in [1.54, 1.807) is 6.07 Å². The summed E-state index contributed by atoms with van der Waals surface area (Å²) in [5, 5.41) is 18.0. The molecule has 0 aliphatic carbocycles. The van der Waals surface area contributed by atoms with Gasteiger partial charge in [-0.05, 0) is 18.2 Å². The van der Waals surface area contributed by atoms with Gasteiger partial charge in [0.15, 0.2) is 0 Å². The first kappa shape index (κ1) is 12.4. The molecule has 0 heterocycles. The van der Waals surface area contributed by atoms with Gasteiger partial charge in [-0.1, -0.05) is 12.1 Å². The maximum atomic E-state index is 12.9. The summed E-state index contributed by atoms with van der Waals surface area (Å²) in [5.41, 5.74) is 6.02. The van der Waals surface area contributed by atoms with Crippen LogP contribution in [0.3, 0.4) is 0 Å². The summed E-state index contributed by atoms with van der Waals surface area (Å²) in [4.78, 5) is 0. The van der Waals surface area contributed by atoms with Gasteiger partial charge in [0.1, 0.15) is 17.3 Å². The van der Waals surface area contributed by atoms with Crippen LogP contribution in [0.4, 0.5) is 10.1 Å². The van der Waals surface area contributed by atoms with Crippen LogP contribution in [0.1, 0.15) is 0 Å². The van der Waals surface area contributed by atoms with Gasteiger partial charge < -0.3 is 20.5 Å². The van der Waals surface area contributed by atoms with Crippen molar-refractivity contribution in [3.05, 3.63) is 48.3 Å². The molecular weight excluding hydrogens is 236 g/mol. The summed E-state index contributed by atoms with van der Waals surface area (Å²) in [5.74, 6) is 0.331. The van der Waals surface area contributed by atoms with Crippen LogP contribution < -0.4 is 15.9 Å². The molecule has 4 nitrogen and oxygen atoms in total. The third-order valence-electron chi connectivity index (χ3n) is 2.37. The molecule has 6 heteroatoms. The molecular formula is C12H11BFNO3. The van der Waals surface area contributed by atoms with E-state index < -0.39 is 12.9 Å². The van der Waals surface area contributed by atoms with E-state index in [1.807, 2.05) is 0 Å². The first-order chi connectivity index (χ1) is 8.56. The van der Waals surface area contributed by atoms with E-state index in [4.69, 9.17) is 20.5 Å². The topological polar surface area (TPSA) is 75.7 Å². The number of anilines is 1. The van der Waals surface area contributed by atoms with Gasteiger partial charge in [0, 0.05) is 23.3 Å². The van der Waals surface area contributed by atoms with Crippen LogP contribution in [-0.2, 0) is 0 Å². The van der Waals surface area contributed by atoms with E-state index in [0.29, 0.717) is 11.5 Å². The Hall–Kier alpha value is -2.05. The highest BCUT2D eigenvalue weighted by Crippen LogP contribution is 2.22. The normalized spacial score (nSPS) is 10.2. The van der Waals surface area contributed by atoms with Crippen molar-refractivity contribution in [3.63, 3.8) is 0 Å². The molecule has 0 aliphatic rings. The first-order valence-electron chi connectivity index (χ1n) is 5.25. The van der Waals surface area contributed by atoms with Crippen LogP contribution in [0.25, 0.3) is 0 Å². The summed E-state index contributed by atoms with van der Waals surface area (Å²) in [6.45, 7) is 0. The Balaban J connectivity index is 2.23. The average Bonchev–Trinajstić information content (AvgIpc) is 2.28. The van der Waals surface area contributed by atoms with Crippen molar-refractivity contribution < 1.29 is 19.2 Å². The molecule has 0 bridgehead atoms. The quantitative estimate of drug-likeness (QED) is 0.555. The molecule has 0 radical (unpaired) electrons. The number of rotatable bonds is 3. The molecule has 0 atom stereocenters. The molecule has 0 amide bonds. The van der Waals surface area contributed by atoms with Gasteiger partial charge >= 0.3 is 7.12 Å². The van der Waals surface area contributed by atoms with Crippen LogP contribution in [-0.4, -0.2) is 17.2 Å². The van der Waals surface area contributed by atoms with Gasteiger partial charge in [-0.2, -0.15) is 0 Å². The zero-order valence-electron chi connectivity index (χ0n) is 9.38. The Morgan fingerprint density at radius 3 is 2.39 bits per heavy atom. The minimum Gasteiger partial charge on any atom is -0.457 e. The highest BCUT2D eigenvalue weighted by Gasteiger charge is 2.14.